The Morgan fingerprint density at radius 1 is 1.19 bits per heavy atom. The molecule has 0 bridgehead atoms. The first-order valence-electron chi connectivity index (χ1n) is 16.2. The molecule has 4 rings (SSSR count). The largest absolute Gasteiger partial charge is 0.598 e. The smallest absolute Gasteiger partial charge is 0.414 e. The van der Waals surface area contributed by atoms with Gasteiger partial charge in [0.15, 0.2) is 6.10 Å². The Morgan fingerprint density at radius 3 is 2.40 bits per heavy atom. The zero-order chi connectivity index (χ0) is 34.9. The van der Waals surface area contributed by atoms with Crippen molar-refractivity contribution < 1.29 is 40.8 Å². The number of hydrogen-bond donors (Lipinski definition) is 2. The lowest BCUT2D eigenvalue weighted by molar-refractivity contribution is -0.215. The molecule has 1 amide bonds. The molecule has 0 radical (unpaired) electrons. The lowest BCUT2D eigenvalue weighted by Crippen LogP contribution is -2.44. The molecule has 1 unspecified atom stereocenters. The van der Waals surface area contributed by atoms with Crippen molar-refractivity contribution >= 4 is 36.4 Å². The fourth-order valence-electron chi connectivity index (χ4n) is 5.42. The van der Waals surface area contributed by atoms with E-state index in [1.165, 1.54) is 0 Å². The molecular formula is C32H49F5N4O4SSi. The van der Waals surface area contributed by atoms with Crippen LogP contribution in [-0.4, -0.2) is 64.2 Å². The lowest BCUT2D eigenvalue weighted by atomic mass is 9.79. The van der Waals surface area contributed by atoms with Gasteiger partial charge in [-0.2, -0.15) is 13.2 Å². The summed E-state index contributed by atoms with van der Waals surface area (Å²) in [7, 11) is -1.43. The maximum atomic E-state index is 13.4. The highest BCUT2D eigenvalue weighted by Gasteiger charge is 2.46. The topological polar surface area (TPSA) is 100 Å². The molecule has 0 saturated heterocycles. The van der Waals surface area contributed by atoms with E-state index in [1.54, 1.807) is 31.4 Å². The number of amides is 1. The first kappa shape index (κ1) is 38.0. The minimum atomic E-state index is -4.58. The molecule has 2 aliphatic rings. The van der Waals surface area contributed by atoms with Crippen LogP contribution in [0.1, 0.15) is 83.3 Å². The Labute approximate surface area is 278 Å². The Kier molecular flexibility index (Phi) is 11.8. The number of carbonyl (C=O) groups excluding carboxylic acids is 1. The van der Waals surface area contributed by atoms with Gasteiger partial charge in [0.2, 0.25) is 11.8 Å². The van der Waals surface area contributed by atoms with E-state index in [9.17, 15) is 31.3 Å². The van der Waals surface area contributed by atoms with Gasteiger partial charge in [0.25, 0.3) is 0 Å². The summed E-state index contributed by atoms with van der Waals surface area (Å²) in [6.45, 7) is 12.9. The fourth-order valence-corrected chi connectivity index (χ4v) is 6.96. The summed E-state index contributed by atoms with van der Waals surface area (Å²) in [5.74, 6) is -2.79. The first-order valence-corrected chi connectivity index (χ1v) is 21.1. The molecule has 47 heavy (non-hydrogen) atoms. The van der Waals surface area contributed by atoms with Crippen molar-refractivity contribution in [3.8, 4) is 0 Å². The van der Waals surface area contributed by atoms with Crippen LogP contribution in [0.5, 0.6) is 0 Å². The van der Waals surface area contributed by atoms with Crippen molar-refractivity contribution in [2.75, 3.05) is 13.2 Å². The van der Waals surface area contributed by atoms with E-state index in [-0.39, 0.29) is 49.8 Å². The van der Waals surface area contributed by atoms with E-state index in [0.717, 1.165) is 31.4 Å². The highest BCUT2D eigenvalue weighted by atomic mass is 32.2. The van der Waals surface area contributed by atoms with Crippen LogP contribution in [-0.2, 0) is 32.4 Å². The Morgan fingerprint density at radius 2 is 1.85 bits per heavy atom. The summed E-state index contributed by atoms with van der Waals surface area (Å²) >= 11 is -1.67. The summed E-state index contributed by atoms with van der Waals surface area (Å²) in [5.41, 5.74) is 2.00. The molecule has 2 saturated carbocycles. The number of carbonyl (C=O) groups is 1. The van der Waals surface area contributed by atoms with Gasteiger partial charge >= 0.3 is 6.18 Å². The van der Waals surface area contributed by atoms with Crippen molar-refractivity contribution in [1.82, 2.24) is 19.6 Å². The number of alkyl halides is 5. The number of rotatable bonds is 16. The van der Waals surface area contributed by atoms with E-state index in [0.29, 0.717) is 23.5 Å². The van der Waals surface area contributed by atoms with Gasteiger partial charge in [0.05, 0.1) is 23.7 Å². The Bertz CT molecular complexity index is 1370. The molecule has 1 aromatic carbocycles. The molecular weight excluding hydrogens is 660 g/mol. The maximum absolute atomic E-state index is 13.4. The summed E-state index contributed by atoms with van der Waals surface area (Å²) in [6, 6.07) is 5.13. The number of imidazole rings is 1. The summed E-state index contributed by atoms with van der Waals surface area (Å²) in [6.07, 6.45) is -5.32. The third kappa shape index (κ3) is 10.9. The molecule has 2 N–H and O–H groups in total. The van der Waals surface area contributed by atoms with Gasteiger partial charge in [-0.25, -0.2) is 13.8 Å². The Balaban J connectivity index is 1.67. The second-order valence-electron chi connectivity index (χ2n) is 15.3. The van der Waals surface area contributed by atoms with Gasteiger partial charge in [-0.15, -0.1) is 4.72 Å². The standard InChI is InChI=1S/C32H49F5N4O4SSi/c1-20(32(35,36)37)45-18-25(40-46(43)30(2,3)4)29-38-24-11-10-23(15-26(24)41(29)19-44-12-13-47(5,6)7)28(22-8-9-22)39-27(42)14-21-16-31(33,34)17-21/h10-11,15,20-22,25,28,40H,8-9,12-14,16-19H2,1-7H3,(H,39,42)/t20?,25-,28+,46+/m0/s1. The fraction of sp³-hybridized carbons (Fsp3) is 0.750. The summed E-state index contributed by atoms with van der Waals surface area (Å²) in [4.78, 5) is 17.7. The third-order valence-electron chi connectivity index (χ3n) is 8.53. The average Bonchev–Trinajstić information content (AvgIpc) is 3.70. The monoisotopic (exact) mass is 708 g/mol. The van der Waals surface area contributed by atoms with Crippen LogP contribution >= 0.6 is 0 Å². The number of benzene rings is 1. The molecule has 0 spiro atoms. The van der Waals surface area contributed by atoms with Crippen LogP contribution in [0.15, 0.2) is 18.2 Å². The van der Waals surface area contributed by atoms with Gasteiger partial charge in [0, 0.05) is 45.3 Å². The zero-order valence-corrected chi connectivity index (χ0v) is 30.1. The number of hydrogen-bond acceptors (Lipinski definition) is 6. The number of aromatic nitrogens is 2. The number of halogens is 5. The first-order chi connectivity index (χ1) is 21.6. The predicted octanol–water partition coefficient (Wildman–Crippen LogP) is 7.41. The molecule has 1 heterocycles. The van der Waals surface area contributed by atoms with E-state index in [4.69, 9.17) is 14.5 Å². The number of ether oxygens (including phenoxy) is 2. The lowest BCUT2D eigenvalue weighted by Gasteiger charge is -2.34. The Hall–Kier alpha value is -1.78. The van der Waals surface area contributed by atoms with E-state index in [1.807, 2.05) is 12.1 Å². The summed E-state index contributed by atoms with van der Waals surface area (Å²) in [5, 5.41) is 3.07. The molecule has 2 fully saturated rings. The molecule has 2 aromatic rings. The molecule has 2 aliphatic carbocycles. The third-order valence-corrected chi connectivity index (χ3v) is 11.8. The minimum Gasteiger partial charge on any atom is -0.598 e. The molecule has 0 aliphatic heterocycles. The second kappa shape index (κ2) is 14.6. The van der Waals surface area contributed by atoms with Crippen LogP contribution < -0.4 is 10.0 Å². The van der Waals surface area contributed by atoms with Crippen LogP contribution in [0.4, 0.5) is 22.0 Å². The highest BCUT2D eigenvalue weighted by molar-refractivity contribution is 7.90. The van der Waals surface area contributed by atoms with Crippen LogP contribution in [0.2, 0.25) is 25.7 Å². The van der Waals surface area contributed by atoms with Crippen LogP contribution in [0.3, 0.4) is 0 Å². The minimum absolute atomic E-state index is 0.0443. The van der Waals surface area contributed by atoms with Crippen molar-refractivity contribution in [2.45, 2.75) is 127 Å². The van der Waals surface area contributed by atoms with E-state index in [2.05, 4.69) is 29.7 Å². The maximum Gasteiger partial charge on any atom is 0.414 e. The molecule has 1 aromatic heterocycles. The molecule has 15 heteroatoms. The van der Waals surface area contributed by atoms with Gasteiger partial charge in [-0.1, -0.05) is 25.7 Å². The van der Waals surface area contributed by atoms with Crippen molar-refractivity contribution in [2.24, 2.45) is 11.8 Å². The quantitative estimate of drug-likeness (QED) is 0.0816. The summed E-state index contributed by atoms with van der Waals surface area (Å²) < 4.78 is 95.5. The van der Waals surface area contributed by atoms with Gasteiger partial charge in [-0.05, 0) is 76.1 Å². The van der Waals surface area contributed by atoms with Gasteiger partial charge < -0.3 is 23.9 Å². The normalized spacial score (nSPS) is 20.1. The van der Waals surface area contributed by atoms with Crippen LogP contribution in [0.25, 0.3) is 11.0 Å². The molecule has 8 nitrogen and oxygen atoms in total. The van der Waals surface area contributed by atoms with Gasteiger partial charge in [0.1, 0.15) is 23.3 Å². The van der Waals surface area contributed by atoms with Crippen molar-refractivity contribution in [3.63, 3.8) is 0 Å². The number of nitrogens with one attached hydrogen (secondary N) is 2. The number of nitrogens with zero attached hydrogens (tertiary/aromatic N) is 2. The number of fused-ring (bicyclic) bond motifs is 1. The molecule has 266 valence electrons. The van der Waals surface area contributed by atoms with E-state index >= 15 is 0 Å². The molecule has 4 atom stereocenters. The predicted molar refractivity (Wildman–Crippen MR) is 175 cm³/mol. The van der Waals surface area contributed by atoms with Crippen molar-refractivity contribution in [3.05, 3.63) is 29.6 Å². The van der Waals surface area contributed by atoms with Crippen molar-refractivity contribution in [1.29, 1.82) is 0 Å². The van der Waals surface area contributed by atoms with Crippen LogP contribution in [0, 0.1) is 11.8 Å². The van der Waals surface area contributed by atoms with E-state index < -0.39 is 55.0 Å². The SMILES string of the molecule is CC(OC[C@H](N[S@+]([O-])C(C)(C)C)c1nc2ccc([C@H](NC(=O)CC3CC(F)(F)C3)C3CC3)cc2n1COCC[Si](C)(C)C)C(F)(F)F. The average molecular weight is 709 g/mol. The zero-order valence-electron chi connectivity index (χ0n) is 28.3. The second-order valence-corrected chi connectivity index (χ2v) is 22.9. The van der Waals surface area contributed by atoms with Gasteiger partial charge in [-0.3, -0.25) is 4.79 Å². The highest BCUT2D eigenvalue weighted by Crippen LogP contribution is 2.45.